The highest BCUT2D eigenvalue weighted by Gasteiger charge is 2.02. The number of nitrogens with zero attached hydrogens (tertiary/aromatic N) is 4. The van der Waals surface area contributed by atoms with Crippen molar-refractivity contribution in [2.24, 2.45) is 0 Å². The number of nitriles is 1. The molecule has 0 atom stereocenters. The normalized spacial score (nSPS) is 9.75. The van der Waals surface area contributed by atoms with E-state index in [2.05, 4.69) is 20.4 Å². The Kier molecular flexibility index (Phi) is 2.78. The van der Waals surface area contributed by atoms with Crippen molar-refractivity contribution < 1.29 is 4.52 Å². The van der Waals surface area contributed by atoms with Crippen LogP contribution in [0.4, 0.5) is 5.69 Å². The third-order valence-corrected chi connectivity index (χ3v) is 1.89. The van der Waals surface area contributed by atoms with Gasteiger partial charge < -0.3 is 9.84 Å². The van der Waals surface area contributed by atoms with Gasteiger partial charge in [-0.15, -0.1) is 0 Å². The van der Waals surface area contributed by atoms with E-state index < -0.39 is 0 Å². The van der Waals surface area contributed by atoms with E-state index in [1.165, 1.54) is 0 Å². The fourth-order valence-corrected chi connectivity index (χ4v) is 1.15. The van der Waals surface area contributed by atoms with Gasteiger partial charge in [0.1, 0.15) is 11.8 Å². The average molecular weight is 215 g/mol. The van der Waals surface area contributed by atoms with Crippen LogP contribution >= 0.6 is 0 Å². The fourth-order valence-electron chi connectivity index (χ4n) is 1.15. The molecule has 6 nitrogen and oxygen atoms in total. The van der Waals surface area contributed by atoms with Crippen LogP contribution in [0.5, 0.6) is 0 Å². The van der Waals surface area contributed by atoms with E-state index in [4.69, 9.17) is 9.78 Å². The second-order valence-corrected chi connectivity index (χ2v) is 3.13. The second kappa shape index (κ2) is 4.40. The van der Waals surface area contributed by atoms with Gasteiger partial charge in [0.15, 0.2) is 5.82 Å². The third-order valence-electron chi connectivity index (χ3n) is 1.89. The highest BCUT2D eigenvalue weighted by Crippen LogP contribution is 2.07. The first-order chi connectivity index (χ1) is 7.78. The Bertz CT molecular complexity index is 511. The summed E-state index contributed by atoms with van der Waals surface area (Å²) in [6, 6.07) is 5.36. The van der Waals surface area contributed by atoms with Crippen LogP contribution in [0.15, 0.2) is 22.9 Å². The number of hydrogen-bond donors (Lipinski definition) is 1. The molecule has 0 radical (unpaired) electrons. The van der Waals surface area contributed by atoms with Gasteiger partial charge in [0.05, 0.1) is 18.4 Å². The summed E-state index contributed by atoms with van der Waals surface area (Å²) < 4.78 is 4.93. The first-order valence-electron chi connectivity index (χ1n) is 4.67. The maximum Gasteiger partial charge on any atom is 0.245 e. The van der Waals surface area contributed by atoms with Crippen molar-refractivity contribution >= 4 is 5.69 Å². The molecule has 0 aromatic carbocycles. The Morgan fingerprint density at radius 2 is 2.38 bits per heavy atom. The van der Waals surface area contributed by atoms with Crippen molar-refractivity contribution in [2.75, 3.05) is 5.32 Å². The molecule has 0 aliphatic heterocycles. The summed E-state index contributed by atoms with van der Waals surface area (Å²) in [6.07, 6.45) is 1.59. The first-order valence-corrected chi connectivity index (χ1v) is 4.67. The lowest BCUT2D eigenvalue weighted by molar-refractivity contribution is 0.379. The number of hydrogen-bond acceptors (Lipinski definition) is 6. The molecule has 2 rings (SSSR count). The van der Waals surface area contributed by atoms with Crippen molar-refractivity contribution in [3.8, 4) is 6.07 Å². The zero-order valence-corrected chi connectivity index (χ0v) is 8.64. The average Bonchev–Trinajstić information content (AvgIpc) is 2.73. The Labute approximate surface area is 91.9 Å². The molecule has 2 heterocycles. The third kappa shape index (κ3) is 2.33. The van der Waals surface area contributed by atoms with E-state index in [0.717, 1.165) is 5.69 Å². The molecule has 0 saturated heterocycles. The fraction of sp³-hybridized carbons (Fsp3) is 0.200. The highest BCUT2D eigenvalue weighted by atomic mass is 16.5. The molecule has 2 aromatic rings. The van der Waals surface area contributed by atoms with Crippen molar-refractivity contribution in [3.63, 3.8) is 0 Å². The lowest BCUT2D eigenvalue weighted by atomic mass is 10.3. The first kappa shape index (κ1) is 10.1. The molecule has 0 saturated carbocycles. The van der Waals surface area contributed by atoms with Crippen molar-refractivity contribution in [2.45, 2.75) is 13.5 Å². The summed E-state index contributed by atoms with van der Waals surface area (Å²) in [5, 5.41) is 15.3. The van der Waals surface area contributed by atoms with E-state index >= 15 is 0 Å². The van der Waals surface area contributed by atoms with E-state index in [0.29, 0.717) is 24.0 Å². The standard InChI is InChI=1S/C10H9N5O/c1-7-14-10(16-15-7)6-13-9-3-2-8(4-11)12-5-9/h2-3,5,13H,6H2,1H3. The minimum absolute atomic E-state index is 0.388. The van der Waals surface area contributed by atoms with Crippen LogP contribution in [-0.2, 0) is 6.54 Å². The maximum atomic E-state index is 8.57. The number of rotatable bonds is 3. The number of aromatic nitrogens is 3. The van der Waals surface area contributed by atoms with Gasteiger partial charge in [-0.1, -0.05) is 5.16 Å². The zero-order valence-electron chi connectivity index (χ0n) is 8.64. The second-order valence-electron chi connectivity index (χ2n) is 3.13. The summed E-state index contributed by atoms with van der Waals surface area (Å²) in [5.41, 5.74) is 1.19. The van der Waals surface area contributed by atoms with Crippen LogP contribution in [0, 0.1) is 18.3 Å². The molecule has 0 aliphatic carbocycles. The van der Waals surface area contributed by atoms with Gasteiger partial charge in [0, 0.05) is 0 Å². The summed E-state index contributed by atoms with van der Waals surface area (Å²) in [7, 11) is 0. The Morgan fingerprint density at radius 1 is 1.50 bits per heavy atom. The molecular weight excluding hydrogens is 206 g/mol. The Hall–Kier alpha value is -2.42. The van der Waals surface area contributed by atoms with E-state index in [-0.39, 0.29) is 0 Å². The maximum absolute atomic E-state index is 8.57. The number of anilines is 1. The predicted octanol–water partition coefficient (Wildman–Crippen LogP) is 1.26. The SMILES string of the molecule is Cc1noc(CNc2ccc(C#N)nc2)n1. The van der Waals surface area contributed by atoms with Crippen LogP contribution in [0.25, 0.3) is 0 Å². The molecule has 0 unspecified atom stereocenters. The minimum Gasteiger partial charge on any atom is -0.375 e. The van der Waals surface area contributed by atoms with E-state index in [1.54, 1.807) is 25.3 Å². The molecule has 0 fully saturated rings. The van der Waals surface area contributed by atoms with Gasteiger partial charge in [-0.05, 0) is 19.1 Å². The van der Waals surface area contributed by atoms with Gasteiger partial charge in [0.2, 0.25) is 5.89 Å². The molecule has 0 spiro atoms. The highest BCUT2D eigenvalue weighted by molar-refractivity contribution is 5.42. The lowest BCUT2D eigenvalue weighted by Crippen LogP contribution is -2.00. The molecule has 2 aromatic heterocycles. The molecule has 6 heteroatoms. The zero-order chi connectivity index (χ0) is 11.4. The minimum atomic E-state index is 0.388. The smallest absolute Gasteiger partial charge is 0.245 e. The summed E-state index contributed by atoms with van der Waals surface area (Å²) >= 11 is 0. The Morgan fingerprint density at radius 3 is 2.94 bits per heavy atom. The van der Waals surface area contributed by atoms with Crippen LogP contribution in [0.1, 0.15) is 17.4 Å². The number of nitrogens with one attached hydrogen (secondary N) is 1. The molecule has 0 bridgehead atoms. The van der Waals surface area contributed by atoms with Crippen LogP contribution < -0.4 is 5.32 Å². The molecule has 16 heavy (non-hydrogen) atoms. The largest absolute Gasteiger partial charge is 0.375 e. The van der Waals surface area contributed by atoms with Crippen molar-refractivity contribution in [1.29, 1.82) is 5.26 Å². The summed E-state index contributed by atoms with van der Waals surface area (Å²) in [5.74, 6) is 1.12. The predicted molar refractivity (Wildman–Crippen MR) is 55.3 cm³/mol. The van der Waals surface area contributed by atoms with Crippen LogP contribution in [0.3, 0.4) is 0 Å². The van der Waals surface area contributed by atoms with E-state index in [9.17, 15) is 0 Å². The monoisotopic (exact) mass is 215 g/mol. The van der Waals surface area contributed by atoms with Crippen molar-refractivity contribution in [1.82, 2.24) is 15.1 Å². The number of pyridine rings is 1. The van der Waals surface area contributed by atoms with Gasteiger partial charge in [-0.2, -0.15) is 10.2 Å². The topological polar surface area (TPSA) is 87.6 Å². The van der Waals surface area contributed by atoms with Gasteiger partial charge in [-0.3, -0.25) is 0 Å². The van der Waals surface area contributed by atoms with Gasteiger partial charge in [0.25, 0.3) is 0 Å². The summed E-state index contributed by atoms with van der Waals surface area (Å²) in [6.45, 7) is 2.20. The van der Waals surface area contributed by atoms with Crippen LogP contribution in [-0.4, -0.2) is 15.1 Å². The van der Waals surface area contributed by atoms with Crippen LogP contribution in [0.2, 0.25) is 0 Å². The van der Waals surface area contributed by atoms with Crippen molar-refractivity contribution in [3.05, 3.63) is 35.7 Å². The van der Waals surface area contributed by atoms with E-state index in [1.807, 2.05) is 6.07 Å². The molecule has 80 valence electrons. The van der Waals surface area contributed by atoms with Gasteiger partial charge in [-0.25, -0.2) is 4.98 Å². The molecule has 1 N–H and O–H groups in total. The quantitative estimate of drug-likeness (QED) is 0.829. The summed E-state index contributed by atoms with van der Waals surface area (Å²) in [4.78, 5) is 7.97. The van der Waals surface area contributed by atoms with Gasteiger partial charge >= 0.3 is 0 Å². The molecular formula is C10H9N5O. The molecule has 0 aliphatic rings. The lowest BCUT2D eigenvalue weighted by Gasteiger charge is -2.01. The number of aryl methyl sites for hydroxylation is 1. The Balaban J connectivity index is 1.97. The molecule has 0 amide bonds.